The molecule has 4 heteroatoms. The average molecular weight is 298 g/mol. The number of aryl methyl sites for hydroxylation is 1. The summed E-state index contributed by atoms with van der Waals surface area (Å²) in [6.07, 6.45) is 0. The van der Waals surface area contributed by atoms with E-state index in [1.807, 2.05) is 19.1 Å². The number of nitrogens with one attached hydrogen (secondary N) is 2. The molecule has 4 nitrogen and oxygen atoms in total. The van der Waals surface area contributed by atoms with Crippen LogP contribution in [-0.4, -0.2) is 16.0 Å². The van der Waals surface area contributed by atoms with Crippen molar-refractivity contribution in [3.05, 3.63) is 41.6 Å². The first-order valence-corrected chi connectivity index (χ1v) is 7.74. The van der Waals surface area contributed by atoms with Gasteiger partial charge in [0.1, 0.15) is 5.82 Å². The number of benzene rings is 1. The van der Waals surface area contributed by atoms with Crippen molar-refractivity contribution in [2.24, 2.45) is 0 Å². The third kappa shape index (κ3) is 4.20. The molecule has 2 rings (SSSR count). The Balaban J connectivity index is 2.34. The monoisotopic (exact) mass is 298 g/mol. The van der Waals surface area contributed by atoms with Crippen molar-refractivity contribution >= 4 is 17.5 Å². The maximum Gasteiger partial charge on any atom is 0.225 e. The molecule has 0 fully saturated rings. The average Bonchev–Trinajstić information content (AvgIpc) is 2.36. The van der Waals surface area contributed by atoms with Crippen LogP contribution in [0.25, 0.3) is 0 Å². The molecule has 1 heterocycles. The van der Waals surface area contributed by atoms with E-state index in [2.05, 4.69) is 73.4 Å². The van der Waals surface area contributed by atoms with E-state index in [0.29, 0.717) is 12.0 Å². The van der Waals surface area contributed by atoms with E-state index in [1.54, 1.807) is 0 Å². The lowest BCUT2D eigenvalue weighted by Gasteiger charge is -2.23. The Morgan fingerprint density at radius 1 is 1.05 bits per heavy atom. The molecule has 2 N–H and O–H groups in total. The highest BCUT2D eigenvalue weighted by Crippen LogP contribution is 2.31. The van der Waals surface area contributed by atoms with Crippen LogP contribution in [-0.2, 0) is 5.41 Å². The second-order valence-corrected chi connectivity index (χ2v) is 6.94. The van der Waals surface area contributed by atoms with Crippen molar-refractivity contribution in [3.8, 4) is 0 Å². The van der Waals surface area contributed by atoms with Gasteiger partial charge in [0.15, 0.2) is 0 Å². The highest BCUT2D eigenvalue weighted by Gasteiger charge is 2.17. The minimum Gasteiger partial charge on any atom is -0.352 e. The largest absolute Gasteiger partial charge is 0.352 e. The molecule has 2 aromatic rings. The van der Waals surface area contributed by atoms with Gasteiger partial charge < -0.3 is 10.6 Å². The lowest BCUT2D eigenvalue weighted by atomic mass is 9.86. The van der Waals surface area contributed by atoms with Crippen LogP contribution in [0.1, 0.15) is 45.9 Å². The summed E-state index contributed by atoms with van der Waals surface area (Å²) >= 11 is 0. The van der Waals surface area contributed by atoms with Gasteiger partial charge in [-0.15, -0.1) is 0 Å². The Morgan fingerprint density at radius 3 is 2.36 bits per heavy atom. The third-order valence-corrected chi connectivity index (χ3v) is 3.27. The van der Waals surface area contributed by atoms with E-state index in [-0.39, 0.29) is 5.41 Å². The summed E-state index contributed by atoms with van der Waals surface area (Å²) in [7, 11) is 0. The Morgan fingerprint density at radius 2 is 1.73 bits per heavy atom. The minimum absolute atomic E-state index is 0.0741. The number of hydrogen-bond acceptors (Lipinski definition) is 4. The van der Waals surface area contributed by atoms with Crippen molar-refractivity contribution < 1.29 is 0 Å². The first kappa shape index (κ1) is 16.3. The van der Waals surface area contributed by atoms with Crippen molar-refractivity contribution in [1.29, 1.82) is 0 Å². The Kier molecular flexibility index (Phi) is 4.69. The molecule has 1 aromatic carbocycles. The van der Waals surface area contributed by atoms with Crippen molar-refractivity contribution in [3.63, 3.8) is 0 Å². The fraction of sp³-hybridized carbons (Fsp3) is 0.444. The quantitative estimate of drug-likeness (QED) is 0.863. The zero-order valence-corrected chi connectivity index (χ0v) is 14.4. The minimum atomic E-state index is 0.0741. The molecular formula is C18H26N4. The molecule has 0 unspecified atom stereocenters. The predicted molar refractivity (Wildman–Crippen MR) is 94.0 cm³/mol. The maximum atomic E-state index is 4.56. The lowest BCUT2D eigenvalue weighted by Crippen LogP contribution is -2.15. The molecule has 118 valence electrons. The van der Waals surface area contributed by atoms with Gasteiger partial charge in [0.05, 0.1) is 0 Å². The number of nitrogens with zero attached hydrogens (tertiary/aromatic N) is 2. The fourth-order valence-corrected chi connectivity index (χ4v) is 2.34. The van der Waals surface area contributed by atoms with Crippen molar-refractivity contribution in [2.45, 2.75) is 53.0 Å². The van der Waals surface area contributed by atoms with Crippen molar-refractivity contribution in [2.75, 3.05) is 10.6 Å². The number of anilines is 3. The molecule has 0 radical (unpaired) electrons. The molecule has 0 amide bonds. The van der Waals surface area contributed by atoms with E-state index in [0.717, 1.165) is 17.2 Å². The Hall–Kier alpha value is -2.10. The second kappa shape index (κ2) is 6.34. The summed E-state index contributed by atoms with van der Waals surface area (Å²) in [6.45, 7) is 12.8. The van der Waals surface area contributed by atoms with Crippen LogP contribution < -0.4 is 10.6 Å². The zero-order valence-electron chi connectivity index (χ0n) is 14.4. The van der Waals surface area contributed by atoms with E-state index < -0.39 is 0 Å². The summed E-state index contributed by atoms with van der Waals surface area (Å²) in [6, 6.07) is 10.6. The summed E-state index contributed by atoms with van der Waals surface area (Å²) in [4.78, 5) is 8.98. The number of rotatable bonds is 4. The zero-order chi connectivity index (χ0) is 16.3. The summed E-state index contributed by atoms with van der Waals surface area (Å²) in [5.41, 5.74) is 3.37. The standard InChI is InChI=1S/C18H26N4/c1-12(2)19-17-20-13(3)11-16(22-17)21-15-10-8-7-9-14(15)18(4,5)6/h7-12H,1-6H3,(H2,19,20,21,22). The van der Waals surface area contributed by atoms with Gasteiger partial charge in [0.2, 0.25) is 5.95 Å². The van der Waals surface area contributed by atoms with Crippen LogP contribution >= 0.6 is 0 Å². The predicted octanol–water partition coefficient (Wildman–Crippen LogP) is 4.65. The van der Waals surface area contributed by atoms with Crippen molar-refractivity contribution in [1.82, 2.24) is 9.97 Å². The summed E-state index contributed by atoms with van der Waals surface area (Å²) in [5.74, 6) is 1.47. The molecule has 0 atom stereocenters. The van der Waals surface area contributed by atoms with Gasteiger partial charge in [-0.25, -0.2) is 4.98 Å². The smallest absolute Gasteiger partial charge is 0.225 e. The normalized spacial score (nSPS) is 11.6. The summed E-state index contributed by atoms with van der Waals surface area (Å²) in [5, 5.41) is 6.70. The number of hydrogen-bond donors (Lipinski definition) is 2. The van der Waals surface area contributed by atoms with Gasteiger partial charge in [0.25, 0.3) is 0 Å². The molecule has 0 bridgehead atoms. The van der Waals surface area contributed by atoms with Crippen LogP contribution in [0.4, 0.5) is 17.5 Å². The molecule has 1 aromatic heterocycles. The fourth-order valence-electron chi connectivity index (χ4n) is 2.34. The van der Waals surface area contributed by atoms with Gasteiger partial charge in [-0.2, -0.15) is 4.98 Å². The van der Waals surface area contributed by atoms with Gasteiger partial charge in [-0.05, 0) is 37.8 Å². The van der Waals surface area contributed by atoms with Crippen LogP contribution in [0, 0.1) is 6.92 Å². The van der Waals surface area contributed by atoms with Crippen LogP contribution in [0.3, 0.4) is 0 Å². The van der Waals surface area contributed by atoms with Gasteiger partial charge in [-0.3, -0.25) is 0 Å². The van der Waals surface area contributed by atoms with Gasteiger partial charge in [-0.1, -0.05) is 39.0 Å². The Labute approximate surface area is 133 Å². The maximum absolute atomic E-state index is 4.56. The molecule has 0 aliphatic heterocycles. The SMILES string of the molecule is Cc1cc(Nc2ccccc2C(C)(C)C)nc(NC(C)C)n1. The molecule has 0 aliphatic rings. The first-order chi connectivity index (χ1) is 10.3. The van der Waals surface area contributed by atoms with E-state index >= 15 is 0 Å². The van der Waals surface area contributed by atoms with Gasteiger partial charge in [0, 0.05) is 23.5 Å². The number of para-hydroxylation sites is 1. The third-order valence-electron chi connectivity index (χ3n) is 3.27. The molecule has 0 saturated carbocycles. The van der Waals surface area contributed by atoms with Crippen LogP contribution in [0.15, 0.2) is 30.3 Å². The Bertz CT molecular complexity index is 642. The van der Waals surface area contributed by atoms with E-state index in [4.69, 9.17) is 0 Å². The molecule has 0 spiro atoms. The molecule has 22 heavy (non-hydrogen) atoms. The van der Waals surface area contributed by atoms with Crippen LogP contribution in [0.5, 0.6) is 0 Å². The highest BCUT2D eigenvalue weighted by molar-refractivity contribution is 5.63. The topological polar surface area (TPSA) is 49.8 Å². The first-order valence-electron chi connectivity index (χ1n) is 7.74. The van der Waals surface area contributed by atoms with Crippen LogP contribution in [0.2, 0.25) is 0 Å². The summed E-state index contributed by atoms with van der Waals surface area (Å²) < 4.78 is 0. The number of aromatic nitrogens is 2. The molecule has 0 saturated heterocycles. The second-order valence-electron chi connectivity index (χ2n) is 6.94. The molecular weight excluding hydrogens is 272 g/mol. The van der Waals surface area contributed by atoms with E-state index in [1.165, 1.54) is 5.56 Å². The lowest BCUT2D eigenvalue weighted by molar-refractivity contribution is 0.592. The molecule has 0 aliphatic carbocycles. The van der Waals surface area contributed by atoms with Gasteiger partial charge >= 0.3 is 0 Å². The highest BCUT2D eigenvalue weighted by atomic mass is 15.2. The van der Waals surface area contributed by atoms with E-state index in [9.17, 15) is 0 Å².